The van der Waals surface area contributed by atoms with Gasteiger partial charge in [0.05, 0.1) is 7.11 Å². The molecule has 0 bridgehead atoms. The zero-order chi connectivity index (χ0) is 14.6. The molecule has 1 atom stereocenters. The van der Waals surface area contributed by atoms with Gasteiger partial charge in [-0.15, -0.1) is 11.3 Å². The summed E-state index contributed by atoms with van der Waals surface area (Å²) in [4.78, 5) is 5.50. The molecule has 0 unspecified atom stereocenters. The van der Waals surface area contributed by atoms with Gasteiger partial charge in [-0.25, -0.2) is 0 Å². The number of aryl methyl sites for hydroxylation is 1. The summed E-state index contributed by atoms with van der Waals surface area (Å²) in [7, 11) is 1.64. The first-order valence-electron chi connectivity index (χ1n) is 7.38. The van der Waals surface area contributed by atoms with Crippen LogP contribution in [-0.4, -0.2) is 23.7 Å². The number of nitrogens with zero attached hydrogens (tertiary/aromatic N) is 1. The maximum atomic E-state index is 9.98. The second-order valence-corrected chi connectivity index (χ2v) is 7.27. The topological polar surface area (TPSA) is 32.7 Å². The maximum Gasteiger partial charge on any atom is 0.165 e. The van der Waals surface area contributed by atoms with E-state index in [1.807, 2.05) is 11.3 Å². The van der Waals surface area contributed by atoms with Gasteiger partial charge in [-0.2, -0.15) is 0 Å². The van der Waals surface area contributed by atoms with E-state index < -0.39 is 0 Å². The molecule has 0 fully saturated rings. The summed E-state index contributed by atoms with van der Waals surface area (Å²) in [6, 6.07) is 6.66. The molecule has 3 heterocycles. The molecule has 0 radical (unpaired) electrons. The minimum absolute atomic E-state index is 0.249. The summed E-state index contributed by atoms with van der Waals surface area (Å²) in [6.45, 7) is 4.16. The predicted molar refractivity (Wildman–Crippen MR) is 84.3 cm³/mol. The number of hydrogen-bond acceptors (Lipinski definition) is 4. The lowest BCUT2D eigenvalue weighted by molar-refractivity contribution is 0.159. The zero-order valence-corrected chi connectivity index (χ0v) is 13.2. The highest BCUT2D eigenvalue weighted by Crippen LogP contribution is 2.44. The lowest BCUT2D eigenvalue weighted by Gasteiger charge is -2.40. The van der Waals surface area contributed by atoms with E-state index in [-0.39, 0.29) is 5.75 Å². The third kappa shape index (κ3) is 1.97. The number of fused-ring (bicyclic) bond motifs is 4. The average molecular weight is 301 g/mol. The molecular weight excluding hydrogens is 282 g/mol. The third-order valence-corrected chi connectivity index (χ3v) is 5.83. The number of phenols is 1. The van der Waals surface area contributed by atoms with Crippen LogP contribution in [0.15, 0.2) is 18.2 Å². The number of ether oxygens (including phenoxy) is 1. The highest BCUT2D eigenvalue weighted by Gasteiger charge is 2.34. The SMILES string of the molecule is COc1c(O)ccc2c1CN1CCc3sc(C)cc3[C@@H]1C2. The van der Waals surface area contributed by atoms with Crippen LogP contribution in [0.1, 0.15) is 32.5 Å². The minimum Gasteiger partial charge on any atom is -0.504 e. The van der Waals surface area contributed by atoms with Crippen LogP contribution in [0.25, 0.3) is 0 Å². The van der Waals surface area contributed by atoms with Crippen molar-refractivity contribution in [2.75, 3.05) is 13.7 Å². The summed E-state index contributed by atoms with van der Waals surface area (Å²) >= 11 is 1.95. The van der Waals surface area contributed by atoms with Gasteiger partial charge in [0.2, 0.25) is 0 Å². The first-order valence-corrected chi connectivity index (χ1v) is 8.20. The molecule has 0 amide bonds. The van der Waals surface area contributed by atoms with Gasteiger partial charge in [0, 0.05) is 34.4 Å². The van der Waals surface area contributed by atoms with E-state index in [0.29, 0.717) is 11.8 Å². The Morgan fingerprint density at radius 3 is 3.05 bits per heavy atom. The molecule has 21 heavy (non-hydrogen) atoms. The van der Waals surface area contributed by atoms with Gasteiger partial charge >= 0.3 is 0 Å². The molecule has 1 aromatic carbocycles. The van der Waals surface area contributed by atoms with E-state index in [2.05, 4.69) is 24.0 Å². The van der Waals surface area contributed by atoms with Crippen molar-refractivity contribution in [3.63, 3.8) is 0 Å². The van der Waals surface area contributed by atoms with Crippen LogP contribution in [0.5, 0.6) is 11.5 Å². The summed E-state index contributed by atoms with van der Waals surface area (Å²) in [5.74, 6) is 0.900. The van der Waals surface area contributed by atoms with Crippen molar-refractivity contribution in [3.05, 3.63) is 44.6 Å². The van der Waals surface area contributed by atoms with E-state index in [9.17, 15) is 5.11 Å². The molecule has 4 heteroatoms. The van der Waals surface area contributed by atoms with E-state index in [1.165, 1.54) is 16.0 Å². The van der Waals surface area contributed by atoms with Crippen molar-refractivity contribution in [2.45, 2.75) is 32.4 Å². The van der Waals surface area contributed by atoms with Gasteiger partial charge in [-0.3, -0.25) is 4.90 Å². The number of hydrogen-bond donors (Lipinski definition) is 1. The van der Waals surface area contributed by atoms with Gasteiger partial charge in [-0.1, -0.05) is 6.07 Å². The molecule has 2 aromatic rings. The molecule has 1 aromatic heterocycles. The minimum atomic E-state index is 0.249. The van der Waals surface area contributed by atoms with Crippen molar-refractivity contribution < 1.29 is 9.84 Å². The fourth-order valence-electron chi connectivity index (χ4n) is 3.75. The Morgan fingerprint density at radius 2 is 2.24 bits per heavy atom. The Kier molecular flexibility index (Phi) is 2.98. The van der Waals surface area contributed by atoms with Crippen LogP contribution >= 0.6 is 11.3 Å². The normalized spacial score (nSPS) is 20.6. The van der Waals surface area contributed by atoms with Crippen LogP contribution < -0.4 is 4.74 Å². The Morgan fingerprint density at radius 1 is 1.38 bits per heavy atom. The fourth-order valence-corrected chi connectivity index (χ4v) is 4.83. The largest absolute Gasteiger partial charge is 0.504 e. The highest BCUT2D eigenvalue weighted by molar-refractivity contribution is 7.12. The first kappa shape index (κ1) is 13.2. The maximum absolute atomic E-state index is 9.98. The van der Waals surface area contributed by atoms with E-state index in [0.717, 1.165) is 31.5 Å². The molecule has 0 saturated carbocycles. The average Bonchev–Trinajstić information content (AvgIpc) is 2.86. The smallest absolute Gasteiger partial charge is 0.165 e. The Balaban J connectivity index is 1.78. The van der Waals surface area contributed by atoms with Crippen molar-refractivity contribution in [1.82, 2.24) is 4.90 Å². The van der Waals surface area contributed by atoms with Crippen LogP contribution in [0.2, 0.25) is 0 Å². The molecule has 3 nitrogen and oxygen atoms in total. The molecule has 0 aliphatic carbocycles. The van der Waals surface area contributed by atoms with Gasteiger partial charge in [0.1, 0.15) is 0 Å². The van der Waals surface area contributed by atoms with Crippen molar-refractivity contribution >= 4 is 11.3 Å². The summed E-state index contributed by atoms with van der Waals surface area (Å²) in [5.41, 5.74) is 3.98. The molecule has 1 N–H and O–H groups in total. The molecule has 2 aliphatic rings. The third-order valence-electron chi connectivity index (χ3n) is 4.71. The van der Waals surface area contributed by atoms with Gasteiger partial charge in [0.15, 0.2) is 11.5 Å². The monoisotopic (exact) mass is 301 g/mol. The second-order valence-electron chi connectivity index (χ2n) is 5.93. The Hall–Kier alpha value is -1.52. The van der Waals surface area contributed by atoms with Crippen molar-refractivity contribution in [3.8, 4) is 11.5 Å². The lowest BCUT2D eigenvalue weighted by atomic mass is 9.86. The Labute approximate surface area is 128 Å². The molecule has 0 saturated heterocycles. The van der Waals surface area contributed by atoms with E-state index in [1.54, 1.807) is 18.1 Å². The summed E-state index contributed by atoms with van der Waals surface area (Å²) < 4.78 is 5.42. The molecule has 4 rings (SSSR count). The first-order chi connectivity index (χ1) is 10.2. The molecular formula is C17H19NO2S. The second kappa shape index (κ2) is 4.75. The van der Waals surface area contributed by atoms with Gasteiger partial charge in [-0.05, 0) is 43.0 Å². The number of thiophene rings is 1. The number of methoxy groups -OCH3 is 1. The van der Waals surface area contributed by atoms with Crippen LogP contribution in [0.3, 0.4) is 0 Å². The van der Waals surface area contributed by atoms with Crippen LogP contribution in [0.4, 0.5) is 0 Å². The lowest BCUT2D eigenvalue weighted by Crippen LogP contribution is -2.38. The number of phenolic OH excluding ortho intramolecular Hbond substituents is 1. The fraction of sp³-hybridized carbons (Fsp3) is 0.412. The Bertz CT molecular complexity index is 707. The number of aromatic hydroxyl groups is 1. The number of rotatable bonds is 1. The van der Waals surface area contributed by atoms with Crippen molar-refractivity contribution in [1.29, 1.82) is 0 Å². The summed E-state index contributed by atoms with van der Waals surface area (Å²) in [6.07, 6.45) is 2.15. The van der Waals surface area contributed by atoms with Crippen molar-refractivity contribution in [2.24, 2.45) is 0 Å². The van der Waals surface area contributed by atoms with E-state index in [4.69, 9.17) is 4.74 Å². The number of benzene rings is 1. The molecule has 2 aliphatic heterocycles. The quantitative estimate of drug-likeness (QED) is 0.876. The van der Waals surface area contributed by atoms with Gasteiger partial charge < -0.3 is 9.84 Å². The standard InChI is InChI=1S/C17H19NO2S/c1-10-7-12-14-8-11-3-4-15(19)17(20-2)13(11)9-18(14)6-5-16(12)21-10/h3-4,7,14,19H,5-6,8-9H2,1-2H3/t14-/m0/s1. The van der Waals surface area contributed by atoms with Gasteiger partial charge in [0.25, 0.3) is 0 Å². The van der Waals surface area contributed by atoms with Crippen LogP contribution in [-0.2, 0) is 19.4 Å². The molecule has 0 spiro atoms. The zero-order valence-electron chi connectivity index (χ0n) is 12.3. The summed E-state index contributed by atoms with van der Waals surface area (Å²) in [5, 5.41) is 9.98. The van der Waals surface area contributed by atoms with Crippen LogP contribution in [0, 0.1) is 6.92 Å². The molecule has 110 valence electrons. The highest BCUT2D eigenvalue weighted by atomic mass is 32.1. The predicted octanol–water partition coefficient (Wildman–Crippen LogP) is 3.43. The van der Waals surface area contributed by atoms with E-state index >= 15 is 0 Å².